The van der Waals surface area contributed by atoms with Crippen LogP contribution in [0.5, 0.6) is 0 Å². The summed E-state index contributed by atoms with van der Waals surface area (Å²) in [5, 5.41) is 8.88. The second-order valence-corrected chi connectivity index (χ2v) is 7.80. The highest BCUT2D eigenvalue weighted by Gasteiger charge is 2.36. The molecule has 0 unspecified atom stereocenters. The van der Waals surface area contributed by atoms with Gasteiger partial charge in [-0.2, -0.15) is 0 Å². The minimum absolute atomic E-state index is 0.0205. The standard InChI is InChI=1S/C18H12Cl4N4O2/c19-11-4-2-1-3-10(11)17-25-24-13(28-17)8-26(9-5-6-9)18(27)16-15(22)14(21)12(20)7-23-16/h1-4,7,9H,5-6,8H2. The van der Waals surface area contributed by atoms with Gasteiger partial charge in [-0.1, -0.05) is 58.5 Å². The van der Waals surface area contributed by atoms with Gasteiger partial charge in [-0.05, 0) is 25.0 Å². The zero-order valence-electron chi connectivity index (χ0n) is 14.2. The van der Waals surface area contributed by atoms with Crippen LogP contribution in [0.3, 0.4) is 0 Å². The fraction of sp³-hybridized carbons (Fsp3) is 0.222. The van der Waals surface area contributed by atoms with Crippen LogP contribution in [-0.4, -0.2) is 32.0 Å². The first-order valence-corrected chi connectivity index (χ1v) is 9.84. The number of amides is 1. The summed E-state index contributed by atoms with van der Waals surface area (Å²) in [7, 11) is 0. The van der Waals surface area contributed by atoms with Crippen molar-refractivity contribution >= 4 is 52.3 Å². The molecule has 0 radical (unpaired) electrons. The molecule has 0 saturated heterocycles. The Kier molecular flexibility index (Phi) is 5.47. The zero-order valence-corrected chi connectivity index (χ0v) is 17.2. The van der Waals surface area contributed by atoms with Gasteiger partial charge in [0, 0.05) is 12.2 Å². The van der Waals surface area contributed by atoms with E-state index < -0.39 is 0 Å². The van der Waals surface area contributed by atoms with Gasteiger partial charge in [-0.25, -0.2) is 4.98 Å². The third-order valence-corrected chi connectivity index (χ3v) is 5.82. The molecule has 1 amide bonds. The average molecular weight is 458 g/mol. The Morgan fingerprint density at radius 2 is 1.82 bits per heavy atom. The van der Waals surface area contributed by atoms with Crippen molar-refractivity contribution in [3.63, 3.8) is 0 Å². The number of aromatic nitrogens is 3. The fourth-order valence-electron chi connectivity index (χ4n) is 2.69. The van der Waals surface area contributed by atoms with Gasteiger partial charge in [-0.3, -0.25) is 4.79 Å². The Bertz CT molecular complexity index is 1050. The van der Waals surface area contributed by atoms with Crippen molar-refractivity contribution < 1.29 is 9.21 Å². The molecule has 0 N–H and O–H groups in total. The van der Waals surface area contributed by atoms with E-state index in [0.717, 1.165) is 12.8 Å². The summed E-state index contributed by atoms with van der Waals surface area (Å²) >= 11 is 24.3. The largest absolute Gasteiger partial charge is 0.419 e. The predicted molar refractivity (Wildman–Crippen MR) is 107 cm³/mol. The number of carbonyl (C=O) groups is 1. The number of nitrogens with zero attached hydrogens (tertiary/aromatic N) is 4. The number of hydrogen-bond acceptors (Lipinski definition) is 5. The molecule has 1 aromatic carbocycles. The highest BCUT2D eigenvalue weighted by molar-refractivity contribution is 6.48. The molecule has 1 aliphatic carbocycles. The minimum Gasteiger partial charge on any atom is -0.419 e. The maximum absolute atomic E-state index is 13.0. The molecule has 0 aliphatic heterocycles. The Balaban J connectivity index is 1.60. The van der Waals surface area contributed by atoms with Crippen LogP contribution in [0.2, 0.25) is 20.1 Å². The van der Waals surface area contributed by atoms with Crippen LogP contribution in [-0.2, 0) is 6.54 Å². The van der Waals surface area contributed by atoms with Crippen LogP contribution in [0.1, 0.15) is 29.2 Å². The Morgan fingerprint density at radius 1 is 1.07 bits per heavy atom. The third-order valence-electron chi connectivity index (χ3n) is 4.25. The van der Waals surface area contributed by atoms with Gasteiger partial charge < -0.3 is 9.32 Å². The average Bonchev–Trinajstić information content (AvgIpc) is 3.42. The second kappa shape index (κ2) is 7.87. The van der Waals surface area contributed by atoms with E-state index in [1.165, 1.54) is 6.20 Å². The van der Waals surface area contributed by atoms with Gasteiger partial charge in [0.05, 0.1) is 32.2 Å². The molecule has 3 aromatic rings. The molecule has 0 bridgehead atoms. The number of carbonyl (C=O) groups excluding carboxylic acids is 1. The van der Waals surface area contributed by atoms with E-state index >= 15 is 0 Å². The summed E-state index contributed by atoms with van der Waals surface area (Å²) in [6.45, 7) is 0.124. The summed E-state index contributed by atoms with van der Waals surface area (Å²) in [5.74, 6) is 0.199. The van der Waals surface area contributed by atoms with Crippen molar-refractivity contribution in [2.45, 2.75) is 25.4 Å². The second-order valence-electron chi connectivity index (χ2n) is 6.23. The summed E-state index contributed by atoms with van der Waals surface area (Å²) in [4.78, 5) is 18.7. The van der Waals surface area contributed by atoms with E-state index in [1.807, 2.05) is 12.1 Å². The molecule has 2 aromatic heterocycles. The minimum atomic E-state index is -0.372. The molecule has 0 atom stereocenters. The zero-order chi connectivity index (χ0) is 19.8. The Morgan fingerprint density at radius 3 is 2.54 bits per heavy atom. The smallest absolute Gasteiger partial charge is 0.274 e. The fourth-order valence-corrected chi connectivity index (χ4v) is 3.47. The topological polar surface area (TPSA) is 72.1 Å². The maximum Gasteiger partial charge on any atom is 0.274 e. The number of rotatable bonds is 5. The molecule has 10 heteroatoms. The normalized spacial score (nSPS) is 13.6. The number of benzene rings is 1. The quantitative estimate of drug-likeness (QED) is 0.502. The van der Waals surface area contributed by atoms with E-state index in [0.29, 0.717) is 10.6 Å². The molecule has 1 aliphatic rings. The lowest BCUT2D eigenvalue weighted by molar-refractivity contribution is 0.0708. The van der Waals surface area contributed by atoms with Gasteiger partial charge in [0.2, 0.25) is 11.8 Å². The summed E-state index contributed by atoms with van der Waals surface area (Å²) in [6.07, 6.45) is 3.04. The number of pyridine rings is 1. The van der Waals surface area contributed by atoms with Crippen LogP contribution < -0.4 is 0 Å². The van der Waals surface area contributed by atoms with Crippen molar-refractivity contribution in [1.29, 1.82) is 0 Å². The molecule has 4 rings (SSSR count). The van der Waals surface area contributed by atoms with Gasteiger partial charge in [0.1, 0.15) is 5.69 Å². The highest BCUT2D eigenvalue weighted by atomic mass is 35.5. The molecular formula is C18H12Cl4N4O2. The van der Waals surface area contributed by atoms with Gasteiger partial charge >= 0.3 is 0 Å². The third kappa shape index (κ3) is 3.82. The molecular weight excluding hydrogens is 446 g/mol. The van der Waals surface area contributed by atoms with Crippen LogP contribution in [0.15, 0.2) is 34.9 Å². The molecule has 2 heterocycles. The molecule has 6 nitrogen and oxygen atoms in total. The lowest BCUT2D eigenvalue weighted by Crippen LogP contribution is -2.33. The van der Waals surface area contributed by atoms with E-state index in [4.69, 9.17) is 50.8 Å². The summed E-state index contributed by atoms with van der Waals surface area (Å²) in [5.41, 5.74) is 0.662. The van der Waals surface area contributed by atoms with E-state index in [9.17, 15) is 4.79 Å². The van der Waals surface area contributed by atoms with Gasteiger partial charge in [-0.15, -0.1) is 10.2 Å². The van der Waals surface area contributed by atoms with Gasteiger partial charge in [0.15, 0.2) is 0 Å². The van der Waals surface area contributed by atoms with Crippen LogP contribution in [0.4, 0.5) is 0 Å². The lowest BCUT2D eigenvalue weighted by Gasteiger charge is -2.20. The molecule has 28 heavy (non-hydrogen) atoms. The summed E-state index contributed by atoms with van der Waals surface area (Å²) < 4.78 is 5.72. The number of halogens is 4. The van der Waals surface area contributed by atoms with E-state index in [2.05, 4.69) is 15.2 Å². The highest BCUT2D eigenvalue weighted by Crippen LogP contribution is 2.35. The molecule has 1 fully saturated rings. The number of hydrogen-bond donors (Lipinski definition) is 0. The van der Waals surface area contributed by atoms with Crippen molar-refractivity contribution in [3.05, 3.63) is 62.1 Å². The van der Waals surface area contributed by atoms with Crippen LogP contribution >= 0.6 is 46.4 Å². The van der Waals surface area contributed by atoms with E-state index in [1.54, 1.807) is 17.0 Å². The van der Waals surface area contributed by atoms with Crippen molar-refractivity contribution in [1.82, 2.24) is 20.1 Å². The lowest BCUT2D eigenvalue weighted by atomic mass is 10.2. The van der Waals surface area contributed by atoms with Crippen molar-refractivity contribution in [3.8, 4) is 11.5 Å². The molecule has 0 spiro atoms. The molecule has 1 saturated carbocycles. The predicted octanol–water partition coefficient (Wildman–Crippen LogP) is 5.55. The first kappa shape index (κ1) is 19.5. The Hall–Kier alpha value is -1.86. The maximum atomic E-state index is 13.0. The SMILES string of the molecule is O=C(c1ncc(Cl)c(Cl)c1Cl)N(Cc1nnc(-c2ccccc2Cl)o1)C1CC1. The molecule has 144 valence electrons. The first-order chi connectivity index (χ1) is 13.5. The van der Waals surface area contributed by atoms with Crippen molar-refractivity contribution in [2.75, 3.05) is 0 Å². The Labute approximate surface area is 180 Å². The van der Waals surface area contributed by atoms with Crippen LogP contribution in [0, 0.1) is 0 Å². The van der Waals surface area contributed by atoms with E-state index in [-0.39, 0.29) is 51.0 Å². The van der Waals surface area contributed by atoms with Crippen molar-refractivity contribution in [2.24, 2.45) is 0 Å². The van der Waals surface area contributed by atoms with Gasteiger partial charge in [0.25, 0.3) is 5.91 Å². The monoisotopic (exact) mass is 456 g/mol. The van der Waals surface area contributed by atoms with Crippen LogP contribution in [0.25, 0.3) is 11.5 Å². The first-order valence-electron chi connectivity index (χ1n) is 8.33. The summed E-state index contributed by atoms with van der Waals surface area (Å²) in [6, 6.07) is 7.20.